The Morgan fingerprint density at radius 2 is 1.30 bits per heavy atom. The fraction of sp³-hybridized carbons (Fsp3) is 0.0556. The first-order valence-electron chi connectivity index (χ1n) is 13.6. The summed E-state index contributed by atoms with van der Waals surface area (Å²) in [4.78, 5) is 25.9. The van der Waals surface area contributed by atoms with Crippen molar-refractivity contribution in [2.45, 2.75) is 6.18 Å². The minimum atomic E-state index is -4.45. The molecule has 2 amide bonds. The number of rotatable bonds is 8. The topological polar surface area (TPSA) is 58.2 Å². The number of alkyl halides is 3. The number of nitrogens with one attached hydrogen (secondary N) is 2. The van der Waals surface area contributed by atoms with Crippen molar-refractivity contribution in [2.75, 3.05) is 11.9 Å². The standard InChI is InChI=1S/C36H27F3N2O2/c37-36(38,39)30-21-19-28(20-22-30)32-13-4-5-14-33(32)35(43)41-31-12-6-11-29(24-31)34(42)40-23-7-8-25-15-17-27(18-16-25)26-9-2-1-3-10-26/h1-22,24H,23H2,(H,40,42)(H,41,43)/b8-7+. The lowest BCUT2D eigenvalue weighted by Gasteiger charge is -2.12. The number of halogens is 3. The first kappa shape index (κ1) is 29.1. The Balaban J connectivity index is 1.20. The van der Waals surface area contributed by atoms with Gasteiger partial charge in [-0.25, -0.2) is 0 Å². The summed E-state index contributed by atoms with van der Waals surface area (Å²) < 4.78 is 39.0. The molecule has 0 heterocycles. The molecule has 0 atom stereocenters. The van der Waals surface area contributed by atoms with Crippen LogP contribution < -0.4 is 10.6 Å². The lowest BCUT2D eigenvalue weighted by molar-refractivity contribution is -0.137. The molecule has 4 nitrogen and oxygen atoms in total. The molecule has 214 valence electrons. The maximum Gasteiger partial charge on any atom is 0.416 e. The molecule has 0 spiro atoms. The second-order valence-corrected chi connectivity index (χ2v) is 9.76. The van der Waals surface area contributed by atoms with Gasteiger partial charge in [-0.15, -0.1) is 0 Å². The van der Waals surface area contributed by atoms with Crippen LogP contribution in [0.3, 0.4) is 0 Å². The van der Waals surface area contributed by atoms with Crippen molar-refractivity contribution in [2.24, 2.45) is 0 Å². The molecule has 5 rings (SSSR count). The van der Waals surface area contributed by atoms with Gasteiger partial charge in [-0.1, -0.05) is 103 Å². The van der Waals surface area contributed by atoms with E-state index in [2.05, 4.69) is 34.9 Å². The van der Waals surface area contributed by atoms with Crippen molar-refractivity contribution in [3.8, 4) is 22.3 Å². The Morgan fingerprint density at radius 3 is 2.02 bits per heavy atom. The molecule has 5 aromatic carbocycles. The number of hydrogen-bond acceptors (Lipinski definition) is 2. The number of hydrogen-bond donors (Lipinski definition) is 2. The van der Waals surface area contributed by atoms with Crippen molar-refractivity contribution >= 4 is 23.6 Å². The van der Waals surface area contributed by atoms with Gasteiger partial charge in [0.15, 0.2) is 0 Å². The van der Waals surface area contributed by atoms with Crippen molar-refractivity contribution < 1.29 is 22.8 Å². The quantitative estimate of drug-likeness (QED) is 0.194. The Kier molecular flexibility index (Phi) is 8.82. The van der Waals surface area contributed by atoms with E-state index in [1.54, 1.807) is 48.5 Å². The molecule has 0 radical (unpaired) electrons. The number of amides is 2. The van der Waals surface area contributed by atoms with Gasteiger partial charge in [0.05, 0.1) is 5.56 Å². The van der Waals surface area contributed by atoms with Gasteiger partial charge >= 0.3 is 6.18 Å². The maximum absolute atomic E-state index is 13.2. The summed E-state index contributed by atoms with van der Waals surface area (Å²) in [6.07, 6.45) is -0.656. The summed E-state index contributed by atoms with van der Waals surface area (Å²) >= 11 is 0. The zero-order valence-electron chi connectivity index (χ0n) is 22.9. The molecule has 0 saturated heterocycles. The molecule has 0 aliphatic rings. The summed E-state index contributed by atoms with van der Waals surface area (Å²) in [5.41, 5.74) is 4.56. The van der Waals surface area contributed by atoms with Gasteiger partial charge in [0.25, 0.3) is 11.8 Å². The monoisotopic (exact) mass is 576 g/mol. The third-order valence-corrected chi connectivity index (χ3v) is 6.79. The summed E-state index contributed by atoms with van der Waals surface area (Å²) in [7, 11) is 0. The van der Waals surface area contributed by atoms with Crippen LogP contribution in [0, 0.1) is 0 Å². The van der Waals surface area contributed by atoms with Crippen LogP contribution in [0.2, 0.25) is 0 Å². The third-order valence-electron chi connectivity index (χ3n) is 6.79. The molecule has 0 aliphatic carbocycles. The van der Waals surface area contributed by atoms with Crippen molar-refractivity contribution in [3.63, 3.8) is 0 Å². The van der Waals surface area contributed by atoms with Crippen LogP contribution in [-0.2, 0) is 6.18 Å². The van der Waals surface area contributed by atoms with E-state index in [1.807, 2.05) is 42.5 Å². The van der Waals surface area contributed by atoms with Gasteiger partial charge in [-0.05, 0) is 64.2 Å². The fourth-order valence-electron chi connectivity index (χ4n) is 4.57. The lowest BCUT2D eigenvalue weighted by atomic mass is 9.98. The van der Waals surface area contributed by atoms with Gasteiger partial charge in [0.2, 0.25) is 0 Å². The maximum atomic E-state index is 13.2. The van der Waals surface area contributed by atoms with Crippen LogP contribution in [0.1, 0.15) is 31.8 Å². The molecular weight excluding hydrogens is 549 g/mol. The van der Waals surface area contributed by atoms with E-state index in [1.165, 1.54) is 12.1 Å². The molecule has 43 heavy (non-hydrogen) atoms. The summed E-state index contributed by atoms with van der Waals surface area (Å²) in [5.74, 6) is -0.750. The number of carbonyl (C=O) groups is 2. The Bertz CT molecular complexity index is 1740. The summed E-state index contributed by atoms with van der Waals surface area (Å²) in [5, 5.41) is 5.64. The van der Waals surface area contributed by atoms with Crippen LogP contribution in [0.15, 0.2) is 133 Å². The largest absolute Gasteiger partial charge is 0.416 e. The van der Waals surface area contributed by atoms with Gasteiger partial charge < -0.3 is 10.6 Å². The second-order valence-electron chi connectivity index (χ2n) is 9.76. The number of benzene rings is 5. The zero-order chi connectivity index (χ0) is 30.2. The molecule has 0 saturated carbocycles. The normalized spacial score (nSPS) is 11.3. The average Bonchev–Trinajstić information content (AvgIpc) is 3.03. The highest BCUT2D eigenvalue weighted by Crippen LogP contribution is 2.32. The zero-order valence-corrected chi connectivity index (χ0v) is 22.9. The predicted octanol–water partition coefficient (Wildman–Crippen LogP) is 8.73. The van der Waals surface area contributed by atoms with Crippen LogP contribution in [-0.4, -0.2) is 18.4 Å². The number of carbonyl (C=O) groups excluding carboxylic acids is 2. The third kappa shape index (κ3) is 7.45. The number of anilines is 1. The smallest absolute Gasteiger partial charge is 0.349 e. The molecule has 0 aromatic heterocycles. The highest BCUT2D eigenvalue weighted by molar-refractivity contribution is 6.09. The summed E-state index contributed by atoms with van der Waals surface area (Å²) in [6.45, 7) is 0.316. The molecular formula is C36H27F3N2O2. The SMILES string of the molecule is O=C(NC/C=C/c1ccc(-c2ccccc2)cc1)c1cccc(NC(=O)c2ccccc2-c2ccc(C(F)(F)F)cc2)c1. The Morgan fingerprint density at radius 1 is 0.651 bits per heavy atom. The van der Waals surface area contributed by atoms with Crippen molar-refractivity contribution in [1.82, 2.24) is 5.32 Å². The highest BCUT2D eigenvalue weighted by Gasteiger charge is 2.30. The van der Waals surface area contributed by atoms with E-state index in [-0.39, 0.29) is 5.91 Å². The first-order chi connectivity index (χ1) is 20.8. The Hall–Kier alpha value is -5.43. The van der Waals surface area contributed by atoms with E-state index < -0.39 is 17.6 Å². The molecule has 2 N–H and O–H groups in total. The van der Waals surface area contributed by atoms with Crippen LogP contribution in [0.25, 0.3) is 28.3 Å². The van der Waals surface area contributed by atoms with Crippen LogP contribution in [0.5, 0.6) is 0 Å². The van der Waals surface area contributed by atoms with E-state index in [0.717, 1.165) is 28.8 Å². The summed E-state index contributed by atoms with van der Waals surface area (Å²) in [6, 6.07) is 36.1. The average molecular weight is 577 g/mol. The van der Waals surface area contributed by atoms with Crippen molar-refractivity contribution in [1.29, 1.82) is 0 Å². The van der Waals surface area contributed by atoms with E-state index >= 15 is 0 Å². The minimum absolute atomic E-state index is 0.291. The Labute approximate surface area is 247 Å². The molecule has 7 heteroatoms. The van der Waals surface area contributed by atoms with E-state index in [0.29, 0.717) is 34.5 Å². The van der Waals surface area contributed by atoms with Gasteiger partial charge in [0.1, 0.15) is 0 Å². The van der Waals surface area contributed by atoms with E-state index in [4.69, 9.17) is 0 Å². The van der Waals surface area contributed by atoms with Gasteiger partial charge in [-0.3, -0.25) is 9.59 Å². The van der Waals surface area contributed by atoms with Crippen LogP contribution >= 0.6 is 0 Å². The molecule has 0 aliphatic heterocycles. The molecule has 0 bridgehead atoms. The fourth-order valence-corrected chi connectivity index (χ4v) is 4.57. The predicted molar refractivity (Wildman–Crippen MR) is 165 cm³/mol. The van der Waals surface area contributed by atoms with Gasteiger partial charge in [0, 0.05) is 23.4 Å². The lowest BCUT2D eigenvalue weighted by Crippen LogP contribution is -2.23. The van der Waals surface area contributed by atoms with Crippen molar-refractivity contribution in [3.05, 3.63) is 156 Å². The minimum Gasteiger partial charge on any atom is -0.349 e. The van der Waals surface area contributed by atoms with Gasteiger partial charge in [-0.2, -0.15) is 13.2 Å². The first-order valence-corrected chi connectivity index (χ1v) is 13.6. The molecule has 0 unspecified atom stereocenters. The second kappa shape index (κ2) is 13.0. The molecule has 0 fully saturated rings. The highest BCUT2D eigenvalue weighted by atomic mass is 19.4. The molecule has 5 aromatic rings. The van der Waals surface area contributed by atoms with Crippen LogP contribution in [0.4, 0.5) is 18.9 Å². The van der Waals surface area contributed by atoms with E-state index in [9.17, 15) is 22.8 Å².